The third-order valence-electron chi connectivity index (χ3n) is 4.80. The van der Waals surface area contributed by atoms with Crippen LogP contribution in [0.3, 0.4) is 0 Å². The summed E-state index contributed by atoms with van der Waals surface area (Å²) in [6.45, 7) is 3.37. The van der Waals surface area contributed by atoms with Gasteiger partial charge in [-0.15, -0.1) is 0 Å². The van der Waals surface area contributed by atoms with Gasteiger partial charge in [-0.1, -0.05) is 12.1 Å². The molecule has 1 amide bonds. The molecule has 2 atom stereocenters. The van der Waals surface area contributed by atoms with E-state index in [2.05, 4.69) is 5.10 Å². The van der Waals surface area contributed by atoms with Crippen molar-refractivity contribution < 1.29 is 9.53 Å². The van der Waals surface area contributed by atoms with Crippen molar-refractivity contribution in [3.8, 4) is 5.75 Å². The van der Waals surface area contributed by atoms with E-state index < -0.39 is 0 Å². The first-order chi connectivity index (χ1) is 12.1. The maximum Gasteiger partial charge on any atom is 0.257 e. The standard InChI is InChI=1S/C19H26N4O2/c1-14(20)18-5-3-4-10-23(18)19(24)16-11-21-22(13-16)12-15-6-8-17(25-2)9-7-15/h6-9,11,13-14,18H,3-5,10,12,20H2,1-2H3/t14-,18+/m1/s1. The van der Waals surface area contributed by atoms with Crippen molar-refractivity contribution in [1.82, 2.24) is 14.7 Å². The Kier molecular flexibility index (Phi) is 5.38. The van der Waals surface area contributed by atoms with E-state index in [1.165, 1.54) is 0 Å². The van der Waals surface area contributed by atoms with E-state index in [-0.39, 0.29) is 18.0 Å². The zero-order chi connectivity index (χ0) is 17.8. The second-order valence-corrected chi connectivity index (χ2v) is 6.70. The predicted molar refractivity (Wildman–Crippen MR) is 96.6 cm³/mol. The number of amides is 1. The summed E-state index contributed by atoms with van der Waals surface area (Å²) in [7, 11) is 1.65. The molecule has 6 heteroatoms. The normalized spacial score (nSPS) is 18.8. The van der Waals surface area contributed by atoms with E-state index in [0.717, 1.165) is 37.1 Å². The molecule has 1 aliphatic rings. The highest BCUT2D eigenvalue weighted by molar-refractivity contribution is 5.94. The maximum absolute atomic E-state index is 12.9. The van der Waals surface area contributed by atoms with Crippen LogP contribution in [-0.2, 0) is 6.54 Å². The lowest BCUT2D eigenvalue weighted by atomic mass is 9.96. The highest BCUT2D eigenvalue weighted by Gasteiger charge is 2.30. The van der Waals surface area contributed by atoms with Crippen LogP contribution in [0.2, 0.25) is 0 Å². The Morgan fingerprint density at radius 3 is 2.80 bits per heavy atom. The Morgan fingerprint density at radius 2 is 2.12 bits per heavy atom. The number of rotatable bonds is 5. The van der Waals surface area contributed by atoms with Crippen LogP contribution in [0.15, 0.2) is 36.7 Å². The van der Waals surface area contributed by atoms with E-state index in [4.69, 9.17) is 10.5 Å². The molecule has 25 heavy (non-hydrogen) atoms. The lowest BCUT2D eigenvalue weighted by Crippen LogP contribution is -2.51. The summed E-state index contributed by atoms with van der Waals surface area (Å²) >= 11 is 0. The molecule has 1 aromatic carbocycles. The molecule has 6 nitrogen and oxygen atoms in total. The summed E-state index contributed by atoms with van der Waals surface area (Å²) < 4.78 is 6.96. The van der Waals surface area contributed by atoms with E-state index in [9.17, 15) is 4.79 Å². The molecule has 2 N–H and O–H groups in total. The largest absolute Gasteiger partial charge is 0.497 e. The molecule has 1 aromatic heterocycles. The second-order valence-electron chi connectivity index (χ2n) is 6.70. The smallest absolute Gasteiger partial charge is 0.257 e. The molecule has 0 unspecified atom stereocenters. The zero-order valence-electron chi connectivity index (χ0n) is 14.9. The highest BCUT2D eigenvalue weighted by Crippen LogP contribution is 2.21. The van der Waals surface area contributed by atoms with Crippen LogP contribution in [0, 0.1) is 0 Å². The molecule has 0 radical (unpaired) electrons. The van der Waals surface area contributed by atoms with Crippen LogP contribution >= 0.6 is 0 Å². The van der Waals surface area contributed by atoms with Crippen molar-refractivity contribution in [2.45, 2.75) is 44.8 Å². The third kappa shape index (κ3) is 4.02. The molecule has 0 aliphatic carbocycles. The van der Waals surface area contributed by atoms with Crippen LogP contribution in [0.5, 0.6) is 5.75 Å². The fraction of sp³-hybridized carbons (Fsp3) is 0.474. The number of hydrogen-bond donors (Lipinski definition) is 1. The number of methoxy groups -OCH3 is 1. The number of carbonyl (C=O) groups excluding carboxylic acids is 1. The van der Waals surface area contributed by atoms with Crippen LogP contribution in [0.4, 0.5) is 0 Å². The van der Waals surface area contributed by atoms with Crippen molar-refractivity contribution in [3.63, 3.8) is 0 Å². The van der Waals surface area contributed by atoms with Gasteiger partial charge in [0.15, 0.2) is 0 Å². The Balaban J connectivity index is 1.70. The zero-order valence-corrected chi connectivity index (χ0v) is 14.9. The number of piperidine rings is 1. The van der Waals surface area contributed by atoms with Crippen LogP contribution in [0.1, 0.15) is 42.1 Å². The van der Waals surface area contributed by atoms with Crippen molar-refractivity contribution in [3.05, 3.63) is 47.8 Å². The molecule has 1 aliphatic heterocycles. The molecule has 0 bridgehead atoms. The van der Waals surface area contributed by atoms with Crippen molar-refractivity contribution in [1.29, 1.82) is 0 Å². The fourth-order valence-electron chi connectivity index (χ4n) is 3.40. The monoisotopic (exact) mass is 342 g/mol. The van der Waals surface area contributed by atoms with Crippen molar-refractivity contribution in [2.75, 3.05) is 13.7 Å². The lowest BCUT2D eigenvalue weighted by Gasteiger charge is -2.37. The summed E-state index contributed by atoms with van der Waals surface area (Å²) in [5.74, 6) is 0.857. The Bertz CT molecular complexity index is 708. The lowest BCUT2D eigenvalue weighted by molar-refractivity contribution is 0.0583. The topological polar surface area (TPSA) is 73.4 Å². The first-order valence-corrected chi connectivity index (χ1v) is 8.80. The summed E-state index contributed by atoms with van der Waals surface area (Å²) in [5.41, 5.74) is 7.81. The van der Waals surface area contributed by atoms with Crippen molar-refractivity contribution in [2.24, 2.45) is 5.73 Å². The third-order valence-corrected chi connectivity index (χ3v) is 4.80. The second kappa shape index (κ2) is 7.70. The maximum atomic E-state index is 12.9. The van der Waals surface area contributed by atoms with E-state index in [1.54, 1.807) is 18.0 Å². The molecule has 2 heterocycles. The van der Waals surface area contributed by atoms with Gasteiger partial charge in [0.05, 0.1) is 25.4 Å². The van der Waals surface area contributed by atoms with Gasteiger partial charge in [0.1, 0.15) is 5.75 Å². The number of nitrogens with two attached hydrogens (primary N) is 1. The summed E-state index contributed by atoms with van der Waals surface area (Å²) in [6, 6.07) is 7.94. The van der Waals surface area contributed by atoms with Gasteiger partial charge in [-0.3, -0.25) is 9.48 Å². The van der Waals surface area contributed by atoms with E-state index >= 15 is 0 Å². The SMILES string of the molecule is COc1ccc(Cn2cc(C(=O)N3CCCC[C@H]3[C@@H](C)N)cn2)cc1. The van der Waals surface area contributed by atoms with Gasteiger partial charge in [-0.05, 0) is 43.9 Å². The highest BCUT2D eigenvalue weighted by atomic mass is 16.5. The van der Waals surface area contributed by atoms with Gasteiger partial charge in [0.2, 0.25) is 0 Å². The number of aromatic nitrogens is 2. The van der Waals surface area contributed by atoms with Gasteiger partial charge in [-0.2, -0.15) is 5.10 Å². The molecule has 1 saturated heterocycles. The predicted octanol–water partition coefficient (Wildman–Crippen LogP) is 2.28. The average Bonchev–Trinajstić information content (AvgIpc) is 3.10. The quantitative estimate of drug-likeness (QED) is 0.905. The number of carbonyl (C=O) groups is 1. The molecule has 134 valence electrons. The number of nitrogens with zero attached hydrogens (tertiary/aromatic N) is 3. The summed E-state index contributed by atoms with van der Waals surface area (Å²) in [5, 5.41) is 4.35. The number of ether oxygens (including phenoxy) is 1. The first kappa shape index (κ1) is 17.5. The van der Waals surface area contributed by atoms with Crippen LogP contribution in [-0.4, -0.2) is 46.3 Å². The molecule has 0 spiro atoms. The minimum atomic E-state index is -0.0152. The average molecular weight is 342 g/mol. The number of hydrogen-bond acceptors (Lipinski definition) is 4. The molecular weight excluding hydrogens is 316 g/mol. The van der Waals surface area contributed by atoms with E-state index in [0.29, 0.717) is 12.1 Å². The minimum Gasteiger partial charge on any atom is -0.497 e. The number of benzene rings is 1. The first-order valence-electron chi connectivity index (χ1n) is 8.80. The van der Waals surface area contributed by atoms with Crippen LogP contribution in [0.25, 0.3) is 0 Å². The Labute approximate surface area is 148 Å². The Hall–Kier alpha value is -2.34. The number of likely N-dealkylation sites (tertiary alicyclic amines) is 1. The molecule has 1 fully saturated rings. The fourth-order valence-corrected chi connectivity index (χ4v) is 3.40. The van der Waals surface area contributed by atoms with E-state index in [1.807, 2.05) is 42.3 Å². The van der Waals surface area contributed by atoms with Crippen LogP contribution < -0.4 is 10.5 Å². The van der Waals surface area contributed by atoms with Gasteiger partial charge in [0.25, 0.3) is 5.91 Å². The summed E-state index contributed by atoms with van der Waals surface area (Å²) in [6.07, 6.45) is 6.61. The van der Waals surface area contributed by atoms with Gasteiger partial charge in [0, 0.05) is 24.8 Å². The van der Waals surface area contributed by atoms with Gasteiger partial charge < -0.3 is 15.4 Å². The van der Waals surface area contributed by atoms with Gasteiger partial charge in [-0.25, -0.2) is 0 Å². The molecular formula is C19H26N4O2. The van der Waals surface area contributed by atoms with Gasteiger partial charge >= 0.3 is 0 Å². The summed E-state index contributed by atoms with van der Waals surface area (Å²) in [4.78, 5) is 14.8. The molecule has 3 rings (SSSR count). The Morgan fingerprint density at radius 1 is 1.36 bits per heavy atom. The molecule has 0 saturated carbocycles. The van der Waals surface area contributed by atoms with Crippen molar-refractivity contribution >= 4 is 5.91 Å². The molecule has 2 aromatic rings. The minimum absolute atomic E-state index is 0.0152.